The molecule has 0 atom stereocenters. The maximum absolute atomic E-state index is 12.2. The fourth-order valence-corrected chi connectivity index (χ4v) is 3.49. The lowest BCUT2D eigenvalue weighted by Crippen LogP contribution is -2.29. The van der Waals surface area contributed by atoms with Crippen molar-refractivity contribution in [3.05, 3.63) is 59.7 Å². The van der Waals surface area contributed by atoms with Gasteiger partial charge in [-0.2, -0.15) is 0 Å². The molecule has 2 aliphatic rings. The number of amides is 2. The topological polar surface area (TPSA) is 74.1 Å². The van der Waals surface area contributed by atoms with Crippen LogP contribution in [0.1, 0.15) is 11.1 Å². The molecular weight excluding hydrogens is 336 g/mol. The fourth-order valence-electron chi connectivity index (χ4n) is 2.68. The molecule has 0 bridgehead atoms. The summed E-state index contributed by atoms with van der Waals surface area (Å²) >= 11 is 1.31. The molecule has 0 saturated carbocycles. The lowest BCUT2D eigenvalue weighted by Gasteiger charge is -2.15. The minimum atomic E-state index is -0.290. The third-order valence-electron chi connectivity index (χ3n) is 3.94. The van der Waals surface area contributed by atoms with E-state index in [0.29, 0.717) is 16.5 Å². The molecule has 6 nitrogen and oxygen atoms in total. The average Bonchev–Trinajstić information content (AvgIpc) is 3.13. The second-order valence-electron chi connectivity index (χ2n) is 5.68. The van der Waals surface area contributed by atoms with Crippen molar-refractivity contribution in [2.75, 3.05) is 16.0 Å². The number of benzene rings is 2. The molecule has 0 aromatic heterocycles. The molecule has 25 heavy (non-hydrogen) atoms. The number of carbonyl (C=O) groups excluding carboxylic acids is 2. The van der Waals surface area contributed by atoms with Gasteiger partial charge in [-0.3, -0.25) is 14.5 Å². The number of rotatable bonds is 2. The molecule has 1 fully saturated rings. The van der Waals surface area contributed by atoms with Crippen molar-refractivity contribution in [1.82, 2.24) is 0 Å². The number of anilines is 2. The van der Waals surface area contributed by atoms with E-state index in [1.807, 2.05) is 55.5 Å². The largest absolute Gasteiger partial charge is 0.320 e. The van der Waals surface area contributed by atoms with Gasteiger partial charge in [0.15, 0.2) is 10.9 Å². The SMILES string of the molecule is Cc1ccc(N2C(=O)CS/C2=N\N=C2\C(=O)Nc3ccccc32)cc1. The molecule has 7 heteroatoms. The summed E-state index contributed by atoms with van der Waals surface area (Å²) in [6.45, 7) is 1.99. The van der Waals surface area contributed by atoms with Crippen molar-refractivity contribution in [1.29, 1.82) is 0 Å². The van der Waals surface area contributed by atoms with E-state index in [-0.39, 0.29) is 17.5 Å². The van der Waals surface area contributed by atoms with Gasteiger partial charge >= 0.3 is 0 Å². The van der Waals surface area contributed by atoms with E-state index in [1.54, 1.807) is 0 Å². The van der Waals surface area contributed by atoms with E-state index in [9.17, 15) is 9.59 Å². The standard InChI is InChI=1S/C18H14N4O2S/c1-11-6-8-12(9-7-11)22-15(23)10-25-18(22)21-20-16-13-4-2-3-5-14(13)19-17(16)24/h2-9H,10H2,1H3,(H,19,20,24)/b21-18-. The maximum atomic E-state index is 12.2. The van der Waals surface area contributed by atoms with Crippen LogP contribution in [0.3, 0.4) is 0 Å². The first-order chi connectivity index (χ1) is 12.1. The highest BCUT2D eigenvalue weighted by Crippen LogP contribution is 2.28. The predicted octanol–water partition coefficient (Wildman–Crippen LogP) is 2.79. The molecule has 0 unspecified atom stereocenters. The molecule has 2 aromatic carbocycles. The summed E-state index contributed by atoms with van der Waals surface area (Å²) in [7, 11) is 0. The van der Waals surface area contributed by atoms with Crippen LogP contribution in [0.25, 0.3) is 0 Å². The average molecular weight is 350 g/mol. The molecule has 124 valence electrons. The van der Waals surface area contributed by atoms with Crippen molar-refractivity contribution in [2.45, 2.75) is 6.92 Å². The number of aryl methyl sites for hydroxylation is 1. The Morgan fingerprint density at radius 1 is 1.04 bits per heavy atom. The summed E-state index contributed by atoms with van der Waals surface area (Å²) in [6.07, 6.45) is 0. The predicted molar refractivity (Wildman–Crippen MR) is 100 cm³/mol. The van der Waals surface area contributed by atoms with Crippen LogP contribution in [-0.4, -0.2) is 28.4 Å². The Balaban J connectivity index is 1.70. The Morgan fingerprint density at radius 3 is 2.60 bits per heavy atom. The van der Waals surface area contributed by atoms with Gasteiger partial charge in [-0.05, 0) is 25.1 Å². The smallest absolute Gasteiger partial charge is 0.276 e. The number of para-hydroxylation sites is 1. The summed E-state index contributed by atoms with van der Waals surface area (Å²) in [6, 6.07) is 14.9. The van der Waals surface area contributed by atoms with Crippen molar-refractivity contribution in [2.24, 2.45) is 10.2 Å². The number of hydrogen-bond donors (Lipinski definition) is 1. The van der Waals surface area contributed by atoms with Crippen LogP contribution in [0.4, 0.5) is 11.4 Å². The van der Waals surface area contributed by atoms with Gasteiger partial charge in [-0.25, -0.2) is 0 Å². The molecule has 1 N–H and O–H groups in total. The van der Waals surface area contributed by atoms with Crippen molar-refractivity contribution < 1.29 is 9.59 Å². The summed E-state index contributed by atoms with van der Waals surface area (Å²) in [5.41, 5.74) is 3.55. The number of hydrogen-bond acceptors (Lipinski definition) is 5. The molecule has 0 radical (unpaired) electrons. The molecule has 2 amide bonds. The lowest BCUT2D eigenvalue weighted by molar-refractivity contribution is -0.115. The Hall–Kier alpha value is -2.93. The van der Waals surface area contributed by atoms with E-state index in [4.69, 9.17) is 0 Å². The third-order valence-corrected chi connectivity index (χ3v) is 4.85. The summed E-state index contributed by atoms with van der Waals surface area (Å²) < 4.78 is 0. The molecule has 2 aliphatic heterocycles. The lowest BCUT2D eigenvalue weighted by atomic mass is 10.1. The number of fused-ring (bicyclic) bond motifs is 1. The van der Waals surface area contributed by atoms with Gasteiger partial charge in [0, 0.05) is 5.56 Å². The Labute approximate surface area is 148 Å². The van der Waals surface area contributed by atoms with Crippen LogP contribution in [0.5, 0.6) is 0 Å². The highest BCUT2D eigenvalue weighted by molar-refractivity contribution is 8.15. The highest BCUT2D eigenvalue weighted by Gasteiger charge is 2.31. The number of amidine groups is 1. The van der Waals surface area contributed by atoms with Gasteiger partial charge in [-0.1, -0.05) is 47.7 Å². The van der Waals surface area contributed by atoms with E-state index >= 15 is 0 Å². The quantitative estimate of drug-likeness (QED) is 0.847. The second kappa shape index (κ2) is 6.18. The second-order valence-corrected chi connectivity index (χ2v) is 6.63. The molecular formula is C18H14N4O2S. The van der Waals surface area contributed by atoms with Crippen LogP contribution >= 0.6 is 11.8 Å². The number of nitrogens with zero attached hydrogens (tertiary/aromatic N) is 3. The minimum Gasteiger partial charge on any atom is -0.320 e. The number of thioether (sulfide) groups is 1. The van der Waals surface area contributed by atoms with Gasteiger partial charge in [-0.15, -0.1) is 10.2 Å². The van der Waals surface area contributed by atoms with Crippen molar-refractivity contribution in [3.63, 3.8) is 0 Å². The summed E-state index contributed by atoms with van der Waals surface area (Å²) in [4.78, 5) is 25.9. The molecule has 2 heterocycles. The van der Waals surface area contributed by atoms with Crippen LogP contribution in [0.15, 0.2) is 58.7 Å². The first kappa shape index (κ1) is 15.6. The summed E-state index contributed by atoms with van der Waals surface area (Å²) in [5, 5.41) is 11.6. The fraction of sp³-hybridized carbons (Fsp3) is 0.111. The van der Waals surface area contributed by atoms with Crippen LogP contribution in [0.2, 0.25) is 0 Å². The van der Waals surface area contributed by atoms with Crippen LogP contribution < -0.4 is 10.2 Å². The third kappa shape index (κ3) is 2.83. The van der Waals surface area contributed by atoms with Gasteiger partial charge in [0.1, 0.15) is 0 Å². The maximum Gasteiger partial charge on any atom is 0.276 e. The molecule has 0 aliphatic carbocycles. The van der Waals surface area contributed by atoms with Gasteiger partial charge in [0.25, 0.3) is 5.91 Å². The van der Waals surface area contributed by atoms with E-state index in [0.717, 1.165) is 16.9 Å². The van der Waals surface area contributed by atoms with E-state index in [2.05, 4.69) is 15.5 Å². The van der Waals surface area contributed by atoms with Gasteiger partial charge in [0.05, 0.1) is 17.1 Å². The molecule has 2 aromatic rings. The van der Waals surface area contributed by atoms with E-state index < -0.39 is 0 Å². The molecule has 4 rings (SSSR count). The summed E-state index contributed by atoms with van der Waals surface area (Å²) in [5.74, 6) is -0.0359. The Bertz CT molecular complexity index is 934. The highest BCUT2D eigenvalue weighted by atomic mass is 32.2. The van der Waals surface area contributed by atoms with Gasteiger partial charge < -0.3 is 5.32 Å². The van der Waals surface area contributed by atoms with Crippen molar-refractivity contribution in [3.8, 4) is 0 Å². The zero-order valence-corrected chi connectivity index (χ0v) is 14.2. The minimum absolute atomic E-state index is 0.0518. The van der Waals surface area contributed by atoms with Crippen molar-refractivity contribution >= 4 is 45.8 Å². The Morgan fingerprint density at radius 2 is 1.80 bits per heavy atom. The normalized spacial score (nSPS) is 19.6. The zero-order chi connectivity index (χ0) is 17.4. The monoisotopic (exact) mass is 350 g/mol. The van der Waals surface area contributed by atoms with Crippen LogP contribution in [0, 0.1) is 6.92 Å². The van der Waals surface area contributed by atoms with Gasteiger partial charge in [0.2, 0.25) is 5.91 Å². The Kier molecular flexibility index (Phi) is 3.85. The first-order valence-electron chi connectivity index (χ1n) is 7.72. The van der Waals surface area contributed by atoms with Crippen LogP contribution in [-0.2, 0) is 9.59 Å². The molecule has 1 saturated heterocycles. The van der Waals surface area contributed by atoms with E-state index in [1.165, 1.54) is 16.7 Å². The zero-order valence-electron chi connectivity index (χ0n) is 13.4. The first-order valence-corrected chi connectivity index (χ1v) is 8.71. The molecule has 0 spiro atoms. The number of carbonyl (C=O) groups is 2. The number of nitrogens with one attached hydrogen (secondary N) is 1.